The first-order chi connectivity index (χ1) is 10.7. The Kier molecular flexibility index (Phi) is 4.36. The maximum atomic E-state index is 9.70. The van der Waals surface area contributed by atoms with Gasteiger partial charge in [0.25, 0.3) is 0 Å². The van der Waals surface area contributed by atoms with Crippen molar-refractivity contribution < 1.29 is 5.11 Å². The molecule has 1 aliphatic heterocycles. The molecule has 2 aromatic rings. The molecule has 0 aromatic carbocycles. The Bertz CT molecular complexity index is 741. The number of aliphatic hydroxyl groups excluding tert-OH is 1. The summed E-state index contributed by atoms with van der Waals surface area (Å²) in [6.07, 6.45) is 5.64. The zero-order valence-corrected chi connectivity index (χ0v) is 13.2. The second-order valence-electron chi connectivity index (χ2n) is 5.43. The van der Waals surface area contributed by atoms with Gasteiger partial charge < -0.3 is 10.4 Å². The zero-order valence-electron chi connectivity index (χ0n) is 12.4. The predicted molar refractivity (Wildman–Crippen MR) is 92.2 cm³/mol. The van der Waals surface area contributed by atoms with E-state index in [9.17, 15) is 5.11 Å². The summed E-state index contributed by atoms with van der Waals surface area (Å²) in [5, 5.41) is 22.7. The molecule has 2 N–H and O–H groups in total. The van der Waals surface area contributed by atoms with Crippen LogP contribution in [0, 0.1) is 0 Å². The maximum absolute atomic E-state index is 9.70. The van der Waals surface area contributed by atoms with Crippen molar-refractivity contribution in [1.82, 2.24) is 15.5 Å². The summed E-state index contributed by atoms with van der Waals surface area (Å²) < 4.78 is 0. The average Bonchev–Trinajstić information content (AvgIpc) is 2.96. The van der Waals surface area contributed by atoms with E-state index in [0.717, 1.165) is 23.3 Å². The minimum atomic E-state index is -0.0256. The highest BCUT2D eigenvalue weighted by Gasteiger charge is 2.18. The van der Waals surface area contributed by atoms with Gasteiger partial charge in [0.1, 0.15) is 10.6 Å². The van der Waals surface area contributed by atoms with Crippen LogP contribution in [-0.2, 0) is 0 Å². The second-order valence-corrected chi connectivity index (χ2v) is 6.49. The van der Waals surface area contributed by atoms with E-state index in [1.807, 2.05) is 6.07 Å². The SMILES string of the molecule is C=C/C=C(\C(=C)O)c1cc2cc(C3CCNCC3)sc2nn1. The van der Waals surface area contributed by atoms with Gasteiger partial charge in [0.05, 0.1) is 5.69 Å². The van der Waals surface area contributed by atoms with E-state index in [1.54, 1.807) is 23.5 Å². The van der Waals surface area contributed by atoms with Crippen LogP contribution in [0.5, 0.6) is 0 Å². The molecule has 0 unspecified atom stereocenters. The Morgan fingerprint density at radius 3 is 2.77 bits per heavy atom. The van der Waals surface area contributed by atoms with Gasteiger partial charge in [-0.3, -0.25) is 0 Å². The number of piperidine rings is 1. The number of rotatable bonds is 4. The molecule has 3 heterocycles. The fourth-order valence-corrected chi connectivity index (χ4v) is 3.89. The first-order valence-corrected chi connectivity index (χ1v) is 8.20. The Hall–Kier alpha value is -1.98. The van der Waals surface area contributed by atoms with Crippen LogP contribution in [0.1, 0.15) is 29.3 Å². The lowest BCUT2D eigenvalue weighted by Crippen LogP contribution is -2.26. The number of hydrogen-bond donors (Lipinski definition) is 2. The smallest absolute Gasteiger partial charge is 0.146 e. The molecule has 0 saturated carbocycles. The standard InChI is InChI=1S/C17H19N3OS/c1-3-4-14(11(2)21)15-9-13-10-16(22-17(13)20-19-15)12-5-7-18-8-6-12/h3-4,9-10,12,18,21H,1-2,5-8H2/b14-4+. The average molecular weight is 313 g/mol. The minimum Gasteiger partial charge on any atom is -0.508 e. The van der Waals surface area contributed by atoms with Gasteiger partial charge in [-0.05, 0) is 50.1 Å². The molecule has 0 aliphatic carbocycles. The summed E-state index contributed by atoms with van der Waals surface area (Å²) >= 11 is 1.72. The fourth-order valence-electron chi connectivity index (χ4n) is 2.76. The van der Waals surface area contributed by atoms with Crippen molar-refractivity contribution in [2.75, 3.05) is 13.1 Å². The first-order valence-electron chi connectivity index (χ1n) is 7.38. The van der Waals surface area contributed by atoms with Crippen molar-refractivity contribution in [3.05, 3.63) is 53.8 Å². The van der Waals surface area contributed by atoms with Crippen LogP contribution in [0.4, 0.5) is 0 Å². The van der Waals surface area contributed by atoms with E-state index >= 15 is 0 Å². The summed E-state index contributed by atoms with van der Waals surface area (Å²) in [4.78, 5) is 2.32. The van der Waals surface area contributed by atoms with Crippen molar-refractivity contribution in [1.29, 1.82) is 0 Å². The van der Waals surface area contributed by atoms with Crippen molar-refractivity contribution in [2.24, 2.45) is 0 Å². The van der Waals surface area contributed by atoms with Gasteiger partial charge in [0, 0.05) is 15.8 Å². The molecule has 22 heavy (non-hydrogen) atoms. The summed E-state index contributed by atoms with van der Waals surface area (Å²) in [5.41, 5.74) is 1.17. The van der Waals surface area contributed by atoms with Crippen LogP contribution < -0.4 is 5.32 Å². The third-order valence-electron chi connectivity index (χ3n) is 3.91. The van der Waals surface area contributed by atoms with Crippen LogP contribution in [0.25, 0.3) is 15.8 Å². The van der Waals surface area contributed by atoms with Gasteiger partial charge in [0.2, 0.25) is 0 Å². The monoisotopic (exact) mass is 313 g/mol. The van der Waals surface area contributed by atoms with Crippen molar-refractivity contribution >= 4 is 27.1 Å². The minimum absolute atomic E-state index is 0.0256. The Morgan fingerprint density at radius 1 is 1.32 bits per heavy atom. The molecule has 3 rings (SSSR count). The van der Waals surface area contributed by atoms with E-state index in [4.69, 9.17) is 0 Å². The molecule has 5 heteroatoms. The van der Waals surface area contributed by atoms with Crippen LogP contribution in [0.15, 0.2) is 43.2 Å². The number of hydrogen-bond acceptors (Lipinski definition) is 5. The maximum Gasteiger partial charge on any atom is 0.146 e. The van der Waals surface area contributed by atoms with Gasteiger partial charge in [0.15, 0.2) is 0 Å². The van der Waals surface area contributed by atoms with Crippen LogP contribution >= 0.6 is 11.3 Å². The molecule has 0 radical (unpaired) electrons. The molecule has 1 aliphatic rings. The van der Waals surface area contributed by atoms with E-state index < -0.39 is 0 Å². The quantitative estimate of drug-likeness (QED) is 0.666. The Balaban J connectivity index is 1.97. The number of nitrogens with one attached hydrogen (secondary N) is 1. The highest BCUT2D eigenvalue weighted by atomic mass is 32.1. The zero-order chi connectivity index (χ0) is 15.5. The highest BCUT2D eigenvalue weighted by Crippen LogP contribution is 2.35. The molecule has 0 atom stereocenters. The van der Waals surface area contributed by atoms with Crippen LogP contribution in [-0.4, -0.2) is 28.4 Å². The Morgan fingerprint density at radius 2 is 2.09 bits per heavy atom. The first kappa shape index (κ1) is 14.9. The van der Waals surface area contributed by atoms with Gasteiger partial charge in [-0.25, -0.2) is 0 Å². The lowest BCUT2D eigenvalue weighted by atomic mass is 9.96. The molecule has 0 spiro atoms. The molecule has 4 nitrogen and oxygen atoms in total. The van der Waals surface area contributed by atoms with Crippen LogP contribution in [0.2, 0.25) is 0 Å². The van der Waals surface area contributed by atoms with Gasteiger partial charge >= 0.3 is 0 Å². The van der Waals surface area contributed by atoms with Crippen molar-refractivity contribution in [3.8, 4) is 0 Å². The van der Waals surface area contributed by atoms with Gasteiger partial charge in [-0.2, -0.15) is 0 Å². The number of thiophene rings is 1. The highest BCUT2D eigenvalue weighted by molar-refractivity contribution is 7.18. The van der Waals surface area contributed by atoms with Crippen LogP contribution in [0.3, 0.4) is 0 Å². The second kappa shape index (κ2) is 6.42. The largest absolute Gasteiger partial charge is 0.508 e. The molecule has 0 bridgehead atoms. The normalized spacial score (nSPS) is 16.8. The van der Waals surface area contributed by atoms with Crippen molar-refractivity contribution in [2.45, 2.75) is 18.8 Å². The number of nitrogens with zero attached hydrogens (tertiary/aromatic N) is 2. The number of allylic oxidation sites excluding steroid dienone is 3. The number of fused-ring (bicyclic) bond motifs is 1. The van der Waals surface area contributed by atoms with E-state index in [1.165, 1.54) is 17.7 Å². The van der Waals surface area contributed by atoms with E-state index in [0.29, 0.717) is 17.2 Å². The third kappa shape index (κ3) is 2.96. The fraction of sp³-hybridized carbons (Fsp3) is 0.294. The summed E-state index contributed by atoms with van der Waals surface area (Å²) in [6, 6.07) is 4.17. The van der Waals surface area contributed by atoms with E-state index in [-0.39, 0.29) is 5.76 Å². The number of aliphatic hydroxyl groups is 1. The Labute approximate surface area is 133 Å². The summed E-state index contributed by atoms with van der Waals surface area (Å²) in [5.74, 6) is 0.585. The molecule has 1 saturated heterocycles. The van der Waals surface area contributed by atoms with Gasteiger partial charge in [-0.15, -0.1) is 21.5 Å². The molecule has 1 fully saturated rings. The predicted octanol–water partition coefficient (Wildman–Crippen LogP) is 3.80. The molecule has 0 amide bonds. The lowest BCUT2D eigenvalue weighted by Gasteiger charge is -2.21. The lowest BCUT2D eigenvalue weighted by molar-refractivity contribution is 0.440. The number of aromatic nitrogens is 2. The van der Waals surface area contributed by atoms with E-state index in [2.05, 4.69) is 34.7 Å². The molecular formula is C17H19N3OS. The summed E-state index contributed by atoms with van der Waals surface area (Å²) in [6.45, 7) is 9.38. The van der Waals surface area contributed by atoms with Gasteiger partial charge in [-0.1, -0.05) is 19.2 Å². The molecular weight excluding hydrogens is 294 g/mol. The molecule has 2 aromatic heterocycles. The summed E-state index contributed by atoms with van der Waals surface area (Å²) in [7, 11) is 0. The third-order valence-corrected chi connectivity index (χ3v) is 5.11. The molecule has 114 valence electrons. The van der Waals surface area contributed by atoms with Crippen molar-refractivity contribution in [3.63, 3.8) is 0 Å². The topological polar surface area (TPSA) is 58.0 Å².